The number of hydrogen-bond acceptors (Lipinski definition) is 7. The van der Waals surface area contributed by atoms with E-state index in [4.69, 9.17) is 0 Å². The SMILES string of the molecule is CNC(=O)c1cn(CCC(F)Cn2cc(C(=O)NCC3=NC(C)CC(C(F)(F)F)=C3)nn2)nn1. The van der Waals surface area contributed by atoms with Crippen molar-refractivity contribution in [1.29, 1.82) is 0 Å². The molecular weight excluding hydrogens is 462 g/mol. The van der Waals surface area contributed by atoms with Crippen molar-refractivity contribution < 1.29 is 27.2 Å². The number of nitrogens with zero attached hydrogens (tertiary/aromatic N) is 7. The van der Waals surface area contributed by atoms with Crippen LogP contribution in [-0.2, 0) is 13.1 Å². The van der Waals surface area contributed by atoms with E-state index in [1.807, 2.05) is 0 Å². The molecule has 0 radical (unpaired) electrons. The zero-order valence-electron chi connectivity index (χ0n) is 18.4. The van der Waals surface area contributed by atoms with E-state index in [0.29, 0.717) is 0 Å². The molecule has 3 heterocycles. The first-order valence-electron chi connectivity index (χ1n) is 10.3. The summed E-state index contributed by atoms with van der Waals surface area (Å²) in [4.78, 5) is 27.8. The normalized spacial score (nSPS) is 17.1. The third-order valence-corrected chi connectivity index (χ3v) is 4.86. The first-order chi connectivity index (χ1) is 16.0. The standard InChI is InChI=1S/C19H23F4N9O2/c1-11-5-12(19(21,22)23)6-14(26-11)7-25-18(34)16-10-32(30-28-16)8-13(20)3-4-31-9-15(27-29-31)17(33)24-2/h6,9-11,13H,3-5,7-8H2,1-2H3,(H,24,33)(H,25,34). The number of amides is 2. The Bertz CT molecular complexity index is 1090. The van der Waals surface area contributed by atoms with E-state index in [0.717, 1.165) is 10.8 Å². The van der Waals surface area contributed by atoms with E-state index in [-0.39, 0.29) is 49.6 Å². The van der Waals surface area contributed by atoms with Crippen molar-refractivity contribution in [3.8, 4) is 0 Å². The van der Waals surface area contributed by atoms with Gasteiger partial charge < -0.3 is 10.6 Å². The van der Waals surface area contributed by atoms with Gasteiger partial charge in [0.25, 0.3) is 11.8 Å². The lowest BCUT2D eigenvalue weighted by atomic mass is 10.0. The summed E-state index contributed by atoms with van der Waals surface area (Å²) in [7, 11) is 1.46. The van der Waals surface area contributed by atoms with Crippen molar-refractivity contribution in [1.82, 2.24) is 40.6 Å². The van der Waals surface area contributed by atoms with Crippen LogP contribution in [0.2, 0.25) is 0 Å². The third kappa shape index (κ3) is 6.68. The van der Waals surface area contributed by atoms with Crippen LogP contribution in [0, 0.1) is 0 Å². The summed E-state index contributed by atoms with van der Waals surface area (Å²) >= 11 is 0. The minimum atomic E-state index is -4.45. The molecule has 2 N–H and O–H groups in total. The van der Waals surface area contributed by atoms with Crippen molar-refractivity contribution in [2.75, 3.05) is 13.6 Å². The number of aliphatic imine (C=N–C) groups is 1. The maximum Gasteiger partial charge on any atom is 0.412 e. The first kappa shape index (κ1) is 25.0. The lowest BCUT2D eigenvalue weighted by Crippen LogP contribution is -2.32. The molecule has 184 valence electrons. The molecule has 0 fully saturated rings. The molecule has 11 nitrogen and oxygen atoms in total. The average Bonchev–Trinajstić information content (AvgIpc) is 3.44. The lowest BCUT2D eigenvalue weighted by molar-refractivity contribution is -0.0945. The largest absolute Gasteiger partial charge is 0.412 e. The van der Waals surface area contributed by atoms with Gasteiger partial charge in [-0.1, -0.05) is 10.4 Å². The van der Waals surface area contributed by atoms with Crippen molar-refractivity contribution in [3.63, 3.8) is 0 Å². The van der Waals surface area contributed by atoms with Crippen LogP contribution in [0.15, 0.2) is 29.0 Å². The van der Waals surface area contributed by atoms with Crippen LogP contribution < -0.4 is 10.6 Å². The molecule has 15 heteroatoms. The van der Waals surface area contributed by atoms with E-state index in [9.17, 15) is 27.2 Å². The number of nitrogens with one attached hydrogen (secondary N) is 2. The van der Waals surface area contributed by atoms with E-state index < -0.39 is 35.8 Å². The molecule has 0 saturated heterocycles. The van der Waals surface area contributed by atoms with Gasteiger partial charge in [0, 0.05) is 25.6 Å². The molecule has 0 saturated carbocycles. The Labute approximate surface area is 191 Å². The molecule has 0 aliphatic carbocycles. The summed E-state index contributed by atoms with van der Waals surface area (Å²) in [6.07, 6.45) is -2.41. The molecule has 2 unspecified atom stereocenters. The maximum atomic E-state index is 14.3. The third-order valence-electron chi connectivity index (χ3n) is 4.86. The fourth-order valence-corrected chi connectivity index (χ4v) is 3.20. The molecule has 34 heavy (non-hydrogen) atoms. The summed E-state index contributed by atoms with van der Waals surface area (Å²) in [6.45, 7) is 1.33. The minimum absolute atomic E-state index is 0.0455. The van der Waals surface area contributed by atoms with Gasteiger partial charge in [-0.15, -0.1) is 10.2 Å². The number of aryl methyl sites for hydroxylation is 1. The smallest absolute Gasteiger partial charge is 0.354 e. The average molecular weight is 485 g/mol. The summed E-state index contributed by atoms with van der Waals surface area (Å²) in [6, 6.07) is -0.552. The highest BCUT2D eigenvalue weighted by atomic mass is 19.4. The molecule has 2 aromatic heterocycles. The fraction of sp³-hybridized carbons (Fsp3) is 0.526. The van der Waals surface area contributed by atoms with E-state index in [1.165, 1.54) is 24.1 Å². The Hall–Kier alpha value is -3.65. The quantitative estimate of drug-likeness (QED) is 0.512. The number of alkyl halides is 4. The Morgan fingerprint density at radius 2 is 1.79 bits per heavy atom. The zero-order valence-corrected chi connectivity index (χ0v) is 18.4. The molecule has 1 aliphatic heterocycles. The van der Waals surface area contributed by atoms with Crippen LogP contribution in [0.25, 0.3) is 0 Å². The zero-order chi connectivity index (χ0) is 24.9. The topological polar surface area (TPSA) is 132 Å². The second-order valence-corrected chi connectivity index (χ2v) is 7.68. The Balaban J connectivity index is 1.48. The predicted octanol–water partition coefficient (Wildman–Crippen LogP) is 1.11. The van der Waals surface area contributed by atoms with Gasteiger partial charge in [-0.25, -0.2) is 9.07 Å². The molecule has 0 bridgehead atoms. The highest BCUT2D eigenvalue weighted by Gasteiger charge is 2.36. The van der Waals surface area contributed by atoms with Gasteiger partial charge in [0.05, 0.1) is 37.2 Å². The highest BCUT2D eigenvalue weighted by molar-refractivity contribution is 6.02. The van der Waals surface area contributed by atoms with Crippen molar-refractivity contribution >= 4 is 17.5 Å². The van der Waals surface area contributed by atoms with Crippen LogP contribution in [0.1, 0.15) is 40.7 Å². The Kier molecular flexibility index (Phi) is 7.73. The van der Waals surface area contributed by atoms with Gasteiger partial charge >= 0.3 is 6.18 Å². The minimum Gasteiger partial charge on any atom is -0.354 e. The lowest BCUT2D eigenvalue weighted by Gasteiger charge is -2.20. The van der Waals surface area contributed by atoms with Crippen molar-refractivity contribution in [2.24, 2.45) is 4.99 Å². The Morgan fingerprint density at radius 1 is 1.15 bits per heavy atom. The summed E-state index contributed by atoms with van der Waals surface area (Å²) in [5.41, 5.74) is -0.593. The Morgan fingerprint density at radius 3 is 2.47 bits per heavy atom. The number of aromatic nitrogens is 6. The number of dihydropyridines is 1. The molecule has 2 aromatic rings. The summed E-state index contributed by atoms with van der Waals surface area (Å²) < 4.78 is 55.7. The first-order valence-corrected chi connectivity index (χ1v) is 10.3. The van der Waals surface area contributed by atoms with Crippen LogP contribution in [0.5, 0.6) is 0 Å². The number of hydrogen-bond donors (Lipinski definition) is 2. The van der Waals surface area contributed by atoms with E-state index >= 15 is 0 Å². The number of carbonyl (C=O) groups is 2. The summed E-state index contributed by atoms with van der Waals surface area (Å²) in [5, 5.41) is 19.7. The fourth-order valence-electron chi connectivity index (χ4n) is 3.20. The molecule has 2 amide bonds. The second kappa shape index (κ2) is 10.5. The maximum absolute atomic E-state index is 14.3. The molecule has 3 rings (SSSR count). The van der Waals surface area contributed by atoms with E-state index in [1.54, 1.807) is 6.92 Å². The molecule has 0 spiro atoms. The number of carbonyl (C=O) groups excluding carboxylic acids is 2. The van der Waals surface area contributed by atoms with Gasteiger partial charge in [-0.05, 0) is 19.4 Å². The molecule has 2 atom stereocenters. The van der Waals surface area contributed by atoms with Gasteiger partial charge in [0.15, 0.2) is 11.4 Å². The van der Waals surface area contributed by atoms with Crippen LogP contribution in [0.4, 0.5) is 17.6 Å². The monoisotopic (exact) mass is 485 g/mol. The van der Waals surface area contributed by atoms with Crippen LogP contribution >= 0.6 is 0 Å². The molecule has 1 aliphatic rings. The van der Waals surface area contributed by atoms with Crippen LogP contribution in [-0.4, -0.2) is 79.5 Å². The van der Waals surface area contributed by atoms with Crippen LogP contribution in [0.3, 0.4) is 0 Å². The van der Waals surface area contributed by atoms with Gasteiger partial charge in [-0.2, -0.15) is 13.2 Å². The van der Waals surface area contributed by atoms with Gasteiger partial charge in [0.1, 0.15) is 6.17 Å². The van der Waals surface area contributed by atoms with Gasteiger partial charge in [0.2, 0.25) is 0 Å². The predicted molar refractivity (Wildman–Crippen MR) is 111 cm³/mol. The number of halogens is 4. The van der Waals surface area contributed by atoms with Crippen molar-refractivity contribution in [2.45, 2.75) is 51.2 Å². The summed E-state index contributed by atoms with van der Waals surface area (Å²) in [5.74, 6) is -1.08. The molecule has 0 aromatic carbocycles. The van der Waals surface area contributed by atoms with Crippen molar-refractivity contribution in [3.05, 3.63) is 35.4 Å². The van der Waals surface area contributed by atoms with E-state index in [2.05, 4.69) is 36.3 Å². The second-order valence-electron chi connectivity index (χ2n) is 7.68. The highest BCUT2D eigenvalue weighted by Crippen LogP contribution is 2.31. The van der Waals surface area contributed by atoms with Gasteiger partial charge in [-0.3, -0.25) is 19.3 Å². The number of rotatable bonds is 9. The molecular formula is C19H23F4N9O2.